The summed E-state index contributed by atoms with van der Waals surface area (Å²) in [6, 6.07) is 0. The van der Waals surface area contributed by atoms with E-state index in [0.29, 0.717) is 6.10 Å². The molecule has 1 aromatic heterocycles. The number of hydrogen-bond donors (Lipinski definition) is 1. The lowest BCUT2D eigenvalue weighted by atomic mass is 10.4. The van der Waals surface area contributed by atoms with Gasteiger partial charge in [0.15, 0.2) is 0 Å². The molecule has 1 aromatic rings. The van der Waals surface area contributed by atoms with Gasteiger partial charge in [-0.2, -0.15) is 0 Å². The maximum absolute atomic E-state index is 5.43. The lowest BCUT2D eigenvalue weighted by molar-refractivity contribution is 0.0807. The van der Waals surface area contributed by atoms with E-state index in [0.717, 1.165) is 31.8 Å². The van der Waals surface area contributed by atoms with Gasteiger partial charge < -0.3 is 10.1 Å². The maximum Gasteiger partial charge on any atom is 0.0926 e. The minimum absolute atomic E-state index is 0.317. The Kier molecular flexibility index (Phi) is 5.83. The summed E-state index contributed by atoms with van der Waals surface area (Å²) in [5, 5.41) is 6.65. The van der Waals surface area contributed by atoms with Crippen LogP contribution in [0.4, 0.5) is 0 Å². The van der Waals surface area contributed by atoms with Gasteiger partial charge in [0, 0.05) is 18.5 Å². The Morgan fingerprint density at radius 3 is 2.93 bits per heavy atom. The number of ether oxygens (including phenoxy) is 1. The van der Waals surface area contributed by atoms with Crippen molar-refractivity contribution >= 4 is 11.3 Å². The predicted molar refractivity (Wildman–Crippen MR) is 64.3 cm³/mol. The van der Waals surface area contributed by atoms with E-state index >= 15 is 0 Å². The molecule has 4 heteroatoms. The Balaban J connectivity index is 2.09. The first-order valence-corrected chi connectivity index (χ1v) is 6.36. The standard InChI is InChI=1S/C11H20N2OS/c1-4-11-13-10(8-15-11)7-12-5-6-14-9(2)3/h8-9,12H,4-7H2,1-3H3. The largest absolute Gasteiger partial charge is 0.377 e. The van der Waals surface area contributed by atoms with Crippen LogP contribution in [0.15, 0.2) is 5.38 Å². The van der Waals surface area contributed by atoms with Crippen LogP contribution in [0.25, 0.3) is 0 Å². The first-order valence-electron chi connectivity index (χ1n) is 5.48. The number of rotatable bonds is 7. The minimum Gasteiger partial charge on any atom is -0.377 e. The molecule has 0 aliphatic heterocycles. The topological polar surface area (TPSA) is 34.2 Å². The quantitative estimate of drug-likeness (QED) is 0.727. The summed E-state index contributed by atoms with van der Waals surface area (Å²) in [6.45, 7) is 8.73. The monoisotopic (exact) mass is 228 g/mol. The van der Waals surface area contributed by atoms with E-state index in [1.165, 1.54) is 5.01 Å². The van der Waals surface area contributed by atoms with Crippen molar-refractivity contribution < 1.29 is 4.74 Å². The summed E-state index contributed by atoms with van der Waals surface area (Å²) in [6.07, 6.45) is 1.35. The van der Waals surface area contributed by atoms with Crippen molar-refractivity contribution in [2.45, 2.75) is 39.8 Å². The van der Waals surface area contributed by atoms with Crippen molar-refractivity contribution in [2.75, 3.05) is 13.2 Å². The van der Waals surface area contributed by atoms with E-state index in [4.69, 9.17) is 4.74 Å². The molecule has 1 N–H and O–H groups in total. The van der Waals surface area contributed by atoms with Crippen LogP contribution < -0.4 is 5.32 Å². The van der Waals surface area contributed by atoms with Crippen LogP contribution in [0, 0.1) is 0 Å². The molecule has 0 spiro atoms. The second-order valence-electron chi connectivity index (χ2n) is 3.68. The first-order chi connectivity index (χ1) is 7.22. The van der Waals surface area contributed by atoms with Gasteiger partial charge in [0.2, 0.25) is 0 Å². The highest BCUT2D eigenvalue weighted by atomic mass is 32.1. The molecule has 3 nitrogen and oxygen atoms in total. The molecule has 0 fully saturated rings. The van der Waals surface area contributed by atoms with Crippen molar-refractivity contribution in [2.24, 2.45) is 0 Å². The van der Waals surface area contributed by atoms with Gasteiger partial charge in [-0.05, 0) is 20.3 Å². The molecule has 0 aliphatic carbocycles. The summed E-state index contributed by atoms with van der Waals surface area (Å²) >= 11 is 1.74. The van der Waals surface area contributed by atoms with Crippen molar-refractivity contribution in [1.82, 2.24) is 10.3 Å². The number of hydrogen-bond acceptors (Lipinski definition) is 4. The molecule has 0 saturated heterocycles. The van der Waals surface area contributed by atoms with Crippen molar-refractivity contribution in [3.63, 3.8) is 0 Å². The molecule has 0 amide bonds. The SMILES string of the molecule is CCc1nc(CNCCOC(C)C)cs1. The smallest absolute Gasteiger partial charge is 0.0926 e. The van der Waals surface area contributed by atoms with Crippen LogP contribution in [-0.2, 0) is 17.7 Å². The zero-order valence-electron chi connectivity index (χ0n) is 9.75. The van der Waals surface area contributed by atoms with E-state index in [1.54, 1.807) is 11.3 Å². The van der Waals surface area contributed by atoms with Gasteiger partial charge in [0.1, 0.15) is 0 Å². The second kappa shape index (κ2) is 6.93. The van der Waals surface area contributed by atoms with Crippen LogP contribution in [0.5, 0.6) is 0 Å². The number of aryl methyl sites for hydroxylation is 1. The predicted octanol–water partition coefficient (Wildman–Crippen LogP) is 2.22. The Bertz CT molecular complexity index is 273. The third-order valence-electron chi connectivity index (χ3n) is 1.94. The van der Waals surface area contributed by atoms with Gasteiger partial charge in [-0.1, -0.05) is 6.92 Å². The number of nitrogens with one attached hydrogen (secondary N) is 1. The average Bonchev–Trinajstić information content (AvgIpc) is 2.65. The third-order valence-corrected chi connectivity index (χ3v) is 2.98. The van der Waals surface area contributed by atoms with Crippen molar-refractivity contribution in [3.8, 4) is 0 Å². The van der Waals surface area contributed by atoms with Crippen LogP contribution in [0.1, 0.15) is 31.5 Å². The van der Waals surface area contributed by atoms with Gasteiger partial charge in [-0.3, -0.25) is 0 Å². The Morgan fingerprint density at radius 1 is 1.53 bits per heavy atom. The third kappa shape index (κ3) is 5.25. The summed E-state index contributed by atoms with van der Waals surface area (Å²) in [4.78, 5) is 4.48. The summed E-state index contributed by atoms with van der Waals surface area (Å²) in [5.41, 5.74) is 1.14. The summed E-state index contributed by atoms with van der Waals surface area (Å²) in [5.74, 6) is 0. The number of nitrogens with zero attached hydrogens (tertiary/aromatic N) is 1. The molecule has 0 saturated carbocycles. The van der Waals surface area contributed by atoms with Crippen molar-refractivity contribution in [3.05, 3.63) is 16.1 Å². The van der Waals surface area contributed by atoms with Gasteiger partial charge >= 0.3 is 0 Å². The Labute approximate surface area is 95.9 Å². The fourth-order valence-corrected chi connectivity index (χ4v) is 1.92. The second-order valence-corrected chi connectivity index (χ2v) is 4.63. The molecule has 0 radical (unpaired) electrons. The average molecular weight is 228 g/mol. The highest BCUT2D eigenvalue weighted by molar-refractivity contribution is 7.09. The molecule has 86 valence electrons. The minimum atomic E-state index is 0.317. The molecular formula is C11H20N2OS. The summed E-state index contributed by atoms with van der Waals surface area (Å²) in [7, 11) is 0. The zero-order chi connectivity index (χ0) is 11.1. The van der Waals surface area contributed by atoms with Crippen LogP contribution in [0.3, 0.4) is 0 Å². The van der Waals surface area contributed by atoms with E-state index in [2.05, 4.69) is 22.6 Å². The highest BCUT2D eigenvalue weighted by Crippen LogP contribution is 2.09. The fraction of sp³-hybridized carbons (Fsp3) is 0.727. The van der Waals surface area contributed by atoms with E-state index < -0.39 is 0 Å². The molecule has 1 heterocycles. The van der Waals surface area contributed by atoms with Crippen LogP contribution in [0.2, 0.25) is 0 Å². The van der Waals surface area contributed by atoms with Gasteiger partial charge in [0.25, 0.3) is 0 Å². The van der Waals surface area contributed by atoms with E-state index in [1.807, 2.05) is 13.8 Å². The zero-order valence-corrected chi connectivity index (χ0v) is 10.6. The van der Waals surface area contributed by atoms with Gasteiger partial charge in [-0.15, -0.1) is 11.3 Å². The van der Waals surface area contributed by atoms with E-state index in [-0.39, 0.29) is 0 Å². The number of aromatic nitrogens is 1. The van der Waals surface area contributed by atoms with Crippen LogP contribution >= 0.6 is 11.3 Å². The highest BCUT2D eigenvalue weighted by Gasteiger charge is 1.99. The number of thiazole rings is 1. The van der Waals surface area contributed by atoms with Gasteiger partial charge in [0.05, 0.1) is 23.4 Å². The lowest BCUT2D eigenvalue weighted by Crippen LogP contribution is -2.21. The first kappa shape index (κ1) is 12.6. The summed E-state index contributed by atoms with van der Waals surface area (Å²) < 4.78 is 5.43. The molecule has 0 unspecified atom stereocenters. The fourth-order valence-electron chi connectivity index (χ4n) is 1.18. The van der Waals surface area contributed by atoms with Crippen molar-refractivity contribution in [1.29, 1.82) is 0 Å². The molecule has 0 aromatic carbocycles. The maximum atomic E-state index is 5.43. The molecule has 0 atom stereocenters. The normalized spacial score (nSPS) is 11.2. The van der Waals surface area contributed by atoms with Crippen LogP contribution in [-0.4, -0.2) is 24.2 Å². The van der Waals surface area contributed by atoms with Gasteiger partial charge in [-0.25, -0.2) is 4.98 Å². The molecular weight excluding hydrogens is 208 g/mol. The molecule has 15 heavy (non-hydrogen) atoms. The molecule has 1 rings (SSSR count). The Morgan fingerprint density at radius 2 is 2.33 bits per heavy atom. The molecule has 0 bridgehead atoms. The Hall–Kier alpha value is -0.450. The molecule has 0 aliphatic rings. The lowest BCUT2D eigenvalue weighted by Gasteiger charge is -2.07. The van der Waals surface area contributed by atoms with E-state index in [9.17, 15) is 0 Å².